The van der Waals surface area contributed by atoms with Gasteiger partial charge in [-0.2, -0.15) is 13.2 Å². The highest BCUT2D eigenvalue weighted by atomic mass is 32.2. The predicted octanol–water partition coefficient (Wildman–Crippen LogP) is 6.56. The van der Waals surface area contributed by atoms with Crippen LogP contribution < -0.4 is 15.9 Å². The van der Waals surface area contributed by atoms with Gasteiger partial charge in [-0.25, -0.2) is 8.42 Å². The van der Waals surface area contributed by atoms with Crippen LogP contribution in [0.25, 0.3) is 0 Å². The molecule has 3 nitrogen and oxygen atoms in total. The minimum absolute atomic E-state index is 0.807. The molecule has 1 fully saturated rings. The van der Waals surface area contributed by atoms with Gasteiger partial charge in [-0.3, -0.25) is 0 Å². The van der Waals surface area contributed by atoms with E-state index in [4.69, 9.17) is 13.0 Å². The molecule has 4 rings (SSSR count). The van der Waals surface area contributed by atoms with Crippen LogP contribution in [0, 0.1) is 5.92 Å². The first-order chi connectivity index (χ1) is 17.6. The summed E-state index contributed by atoms with van der Waals surface area (Å²) in [7, 11) is -7.76. The van der Waals surface area contributed by atoms with E-state index in [-0.39, 0.29) is 0 Å². The lowest BCUT2D eigenvalue weighted by Gasteiger charge is -2.27. The normalized spacial score (nSPS) is 15.2. The summed E-state index contributed by atoms with van der Waals surface area (Å²) in [6.45, 7) is 0. The predicted molar refractivity (Wildman–Crippen MR) is 146 cm³/mol. The van der Waals surface area contributed by atoms with Crippen LogP contribution in [0.2, 0.25) is 0 Å². The second kappa shape index (κ2) is 13.4. The highest BCUT2D eigenvalue weighted by molar-refractivity contribution is 7.95. The van der Waals surface area contributed by atoms with Crippen molar-refractivity contribution >= 4 is 33.3 Å². The molecule has 0 aromatic heterocycles. The quantitative estimate of drug-likeness (QED) is 0.145. The third kappa shape index (κ3) is 8.00. The van der Waals surface area contributed by atoms with Crippen molar-refractivity contribution in [2.45, 2.75) is 44.0 Å². The molecule has 0 radical (unpaired) electrons. The monoisotopic (exact) mass is 548 g/mol. The molecule has 3 aromatic carbocycles. The molecule has 37 heavy (non-hydrogen) atoms. The number of halogens is 3. The van der Waals surface area contributed by atoms with Crippen molar-refractivity contribution in [1.29, 1.82) is 0 Å². The van der Waals surface area contributed by atoms with Gasteiger partial charge in [-0.05, 0) is 55.2 Å². The van der Waals surface area contributed by atoms with E-state index < -0.39 is 22.9 Å². The molecule has 0 unspecified atom stereocenters. The van der Waals surface area contributed by atoms with Crippen molar-refractivity contribution in [2.24, 2.45) is 5.92 Å². The lowest BCUT2D eigenvalue weighted by molar-refractivity contribution is -0.0517. The Hall–Kier alpha value is -2.47. The summed E-state index contributed by atoms with van der Waals surface area (Å²) < 4.78 is 58.9. The molecular formula is C29H32F3O3PS. The summed E-state index contributed by atoms with van der Waals surface area (Å²) in [4.78, 5) is 0. The summed E-state index contributed by atoms with van der Waals surface area (Å²) in [5.74, 6) is 0.807. The summed E-state index contributed by atoms with van der Waals surface area (Å²) in [6.07, 6.45) is 14.3. The molecule has 0 spiro atoms. The first kappa shape index (κ1) is 29.1. The molecule has 0 aliphatic heterocycles. The first-order valence-corrected chi connectivity index (χ1v) is 15.8. The number of hydrogen-bond donors (Lipinski definition) is 0. The van der Waals surface area contributed by atoms with Crippen molar-refractivity contribution in [3.63, 3.8) is 0 Å². The Morgan fingerprint density at radius 3 is 1.49 bits per heavy atom. The Labute approximate surface area is 218 Å². The van der Waals surface area contributed by atoms with E-state index in [1.807, 2.05) is 0 Å². The average molecular weight is 549 g/mol. The van der Waals surface area contributed by atoms with Gasteiger partial charge < -0.3 is 4.55 Å². The van der Waals surface area contributed by atoms with E-state index in [2.05, 4.69) is 103 Å². The fraction of sp³-hybridized carbons (Fsp3) is 0.310. The van der Waals surface area contributed by atoms with Crippen LogP contribution in [-0.2, 0) is 10.1 Å². The number of allylic oxidation sites excluding steroid dienone is 2. The van der Waals surface area contributed by atoms with Crippen LogP contribution in [0.15, 0.2) is 103 Å². The molecule has 0 heterocycles. The molecule has 8 heteroatoms. The van der Waals surface area contributed by atoms with Crippen LogP contribution in [0.1, 0.15) is 38.5 Å². The average Bonchev–Trinajstić information content (AvgIpc) is 2.90. The molecule has 0 N–H and O–H groups in total. The largest absolute Gasteiger partial charge is 0.741 e. The van der Waals surface area contributed by atoms with Gasteiger partial charge in [-0.15, -0.1) is 0 Å². The highest BCUT2D eigenvalue weighted by Crippen LogP contribution is 2.55. The van der Waals surface area contributed by atoms with Gasteiger partial charge in [-0.1, -0.05) is 86.0 Å². The fourth-order valence-electron chi connectivity index (χ4n) is 4.77. The van der Waals surface area contributed by atoms with Gasteiger partial charge in [0.1, 0.15) is 23.2 Å². The molecule has 1 aliphatic rings. The minimum atomic E-state index is -6.09. The standard InChI is InChI=1S/C28H32P.CHF3O3S/c1-5-15-25(16-6-1)17-13-14-24-29(26-18-7-2-8-19-26,27-20-9-3-10-21-27)28-22-11-4-12-23-28;2-1(3,4)8(5,6)7/h2-4,7-13,17-23,25H,1,5-6,14-16,24H2;(H,5,6,7)/q+1;/p-1/b17-13+;. The maximum absolute atomic E-state index is 10.7. The number of benzene rings is 3. The van der Waals surface area contributed by atoms with E-state index >= 15 is 0 Å². The van der Waals surface area contributed by atoms with Crippen LogP contribution in [-0.4, -0.2) is 24.6 Å². The van der Waals surface area contributed by atoms with Crippen molar-refractivity contribution in [3.05, 3.63) is 103 Å². The zero-order chi connectivity index (χ0) is 26.8. The summed E-state index contributed by atoms with van der Waals surface area (Å²) in [6, 6.07) is 33.7. The zero-order valence-electron chi connectivity index (χ0n) is 20.6. The SMILES string of the molecule is C(=C\C1CCCCC1)/CC[P+](c1ccccc1)(c1ccccc1)c1ccccc1.O=S(=O)([O-])C(F)(F)F. The minimum Gasteiger partial charge on any atom is -0.741 e. The van der Waals surface area contributed by atoms with Crippen LogP contribution in [0.3, 0.4) is 0 Å². The van der Waals surface area contributed by atoms with Gasteiger partial charge >= 0.3 is 5.51 Å². The summed E-state index contributed by atoms with van der Waals surface area (Å²) in [5, 5.41) is 4.47. The highest BCUT2D eigenvalue weighted by Gasteiger charge is 2.44. The van der Waals surface area contributed by atoms with E-state index in [9.17, 15) is 13.2 Å². The molecule has 0 saturated heterocycles. The van der Waals surface area contributed by atoms with Crippen LogP contribution >= 0.6 is 7.26 Å². The van der Waals surface area contributed by atoms with Gasteiger partial charge in [0.15, 0.2) is 10.1 Å². The Balaban J connectivity index is 0.000000414. The maximum atomic E-state index is 10.7. The molecular weight excluding hydrogens is 516 g/mol. The third-order valence-electron chi connectivity index (χ3n) is 6.56. The van der Waals surface area contributed by atoms with E-state index in [1.165, 1.54) is 54.2 Å². The second-order valence-corrected chi connectivity index (χ2v) is 14.0. The molecule has 0 amide bonds. The van der Waals surface area contributed by atoms with E-state index in [1.54, 1.807) is 0 Å². The third-order valence-corrected chi connectivity index (χ3v) is 11.6. The fourth-order valence-corrected chi connectivity index (χ4v) is 9.01. The van der Waals surface area contributed by atoms with Gasteiger partial charge in [0.25, 0.3) is 0 Å². The van der Waals surface area contributed by atoms with Crippen LogP contribution in [0.4, 0.5) is 13.2 Å². The van der Waals surface area contributed by atoms with E-state index in [0.717, 1.165) is 12.3 Å². The Kier molecular flexibility index (Phi) is 10.5. The number of hydrogen-bond acceptors (Lipinski definition) is 3. The van der Waals surface area contributed by atoms with Gasteiger partial charge in [0, 0.05) is 6.42 Å². The van der Waals surface area contributed by atoms with Crippen molar-refractivity contribution in [2.75, 3.05) is 6.16 Å². The van der Waals surface area contributed by atoms with Gasteiger partial charge in [0.2, 0.25) is 0 Å². The first-order valence-electron chi connectivity index (χ1n) is 12.4. The van der Waals surface area contributed by atoms with Gasteiger partial charge in [0.05, 0.1) is 6.16 Å². The Bertz CT molecular complexity index is 1110. The molecule has 0 atom stereocenters. The Morgan fingerprint density at radius 1 is 0.757 bits per heavy atom. The lowest BCUT2D eigenvalue weighted by Crippen LogP contribution is -2.33. The molecule has 1 saturated carbocycles. The lowest BCUT2D eigenvalue weighted by atomic mass is 9.89. The van der Waals surface area contributed by atoms with Crippen molar-refractivity contribution < 1.29 is 26.1 Å². The summed E-state index contributed by atoms with van der Waals surface area (Å²) >= 11 is 0. The molecule has 198 valence electrons. The molecule has 3 aromatic rings. The smallest absolute Gasteiger partial charge is 0.485 e. The van der Waals surface area contributed by atoms with Crippen molar-refractivity contribution in [1.82, 2.24) is 0 Å². The Morgan fingerprint density at radius 2 is 1.14 bits per heavy atom. The van der Waals surface area contributed by atoms with Crippen molar-refractivity contribution in [3.8, 4) is 0 Å². The number of rotatable bonds is 7. The molecule has 1 aliphatic carbocycles. The van der Waals surface area contributed by atoms with E-state index in [0.29, 0.717) is 0 Å². The zero-order valence-corrected chi connectivity index (χ0v) is 22.3. The second-order valence-electron chi connectivity index (χ2n) is 9.05. The maximum Gasteiger partial charge on any atom is 0.485 e. The van der Waals surface area contributed by atoms with Crippen LogP contribution in [0.5, 0.6) is 0 Å². The molecule has 0 bridgehead atoms. The topological polar surface area (TPSA) is 57.2 Å². The number of alkyl halides is 3. The summed E-state index contributed by atoms with van der Waals surface area (Å²) in [5.41, 5.74) is -5.65.